The molecule has 0 aliphatic rings. The Balaban J connectivity index is 1.68. The van der Waals surface area contributed by atoms with Crippen LogP contribution in [0.1, 0.15) is 24.7 Å². The molecule has 0 radical (unpaired) electrons. The number of amides is 1. The highest BCUT2D eigenvalue weighted by molar-refractivity contribution is 6.30. The first-order valence-electron chi connectivity index (χ1n) is 8.58. The number of nitrogens with one attached hydrogen (secondary N) is 1. The molecular formula is C20H20ClN3O2. The Labute approximate surface area is 156 Å². The molecule has 3 rings (SSSR count). The molecule has 0 aliphatic carbocycles. The number of halogens is 1. The number of carbonyl (C=O) groups excluding carboxylic acids is 1. The summed E-state index contributed by atoms with van der Waals surface area (Å²) >= 11 is 5.85. The van der Waals surface area contributed by atoms with Crippen molar-refractivity contribution >= 4 is 28.4 Å². The van der Waals surface area contributed by atoms with Crippen LogP contribution in [0, 0.1) is 0 Å². The van der Waals surface area contributed by atoms with Crippen LogP contribution in [0.25, 0.3) is 10.9 Å². The summed E-state index contributed by atoms with van der Waals surface area (Å²) in [7, 11) is 0. The molecule has 0 saturated heterocycles. The van der Waals surface area contributed by atoms with Gasteiger partial charge in [0, 0.05) is 31.0 Å². The number of aryl methyl sites for hydroxylation is 1. The Bertz CT molecular complexity index is 981. The van der Waals surface area contributed by atoms with Gasteiger partial charge in [-0.25, -0.2) is 4.98 Å². The van der Waals surface area contributed by atoms with Crippen LogP contribution < -0.4 is 10.9 Å². The molecule has 6 heteroatoms. The molecule has 1 aromatic heterocycles. The number of fused-ring (bicyclic) bond motifs is 1. The van der Waals surface area contributed by atoms with Crippen LogP contribution in [0.5, 0.6) is 0 Å². The lowest BCUT2D eigenvalue weighted by Crippen LogP contribution is -2.27. The quantitative estimate of drug-likeness (QED) is 0.725. The van der Waals surface area contributed by atoms with Gasteiger partial charge in [0.1, 0.15) is 5.82 Å². The molecule has 1 N–H and O–H groups in total. The van der Waals surface area contributed by atoms with E-state index in [1.807, 2.05) is 37.3 Å². The van der Waals surface area contributed by atoms with E-state index >= 15 is 0 Å². The lowest BCUT2D eigenvalue weighted by atomic mass is 10.2. The SMILES string of the molecule is CCn1c(CCC(=O)NCc2ccc(Cl)cc2)nc2ccccc2c1=O. The van der Waals surface area contributed by atoms with Crippen molar-refractivity contribution in [1.82, 2.24) is 14.9 Å². The largest absolute Gasteiger partial charge is 0.352 e. The van der Waals surface area contributed by atoms with Crippen molar-refractivity contribution in [1.29, 1.82) is 0 Å². The third-order valence-electron chi connectivity index (χ3n) is 4.24. The lowest BCUT2D eigenvalue weighted by Gasteiger charge is -2.12. The topological polar surface area (TPSA) is 64.0 Å². The molecule has 0 bridgehead atoms. The summed E-state index contributed by atoms with van der Waals surface area (Å²) in [4.78, 5) is 29.3. The number of para-hydroxylation sites is 1. The van der Waals surface area contributed by atoms with Crippen molar-refractivity contribution in [2.45, 2.75) is 32.9 Å². The normalized spacial score (nSPS) is 10.8. The maximum atomic E-state index is 12.6. The molecule has 3 aromatic rings. The second-order valence-electron chi connectivity index (χ2n) is 6.00. The summed E-state index contributed by atoms with van der Waals surface area (Å²) in [5.41, 5.74) is 1.59. The molecule has 0 aliphatic heterocycles. The molecule has 0 saturated carbocycles. The van der Waals surface area contributed by atoms with Crippen molar-refractivity contribution in [2.24, 2.45) is 0 Å². The van der Waals surface area contributed by atoms with Gasteiger partial charge in [0.25, 0.3) is 5.56 Å². The predicted molar refractivity (Wildman–Crippen MR) is 103 cm³/mol. The average molecular weight is 370 g/mol. The van der Waals surface area contributed by atoms with Gasteiger partial charge in [0.2, 0.25) is 5.91 Å². The minimum absolute atomic E-state index is 0.0605. The highest BCUT2D eigenvalue weighted by atomic mass is 35.5. The Kier molecular flexibility index (Phi) is 5.68. The summed E-state index contributed by atoms with van der Waals surface area (Å²) < 4.78 is 1.63. The number of aromatic nitrogens is 2. The van der Waals surface area contributed by atoms with Crippen molar-refractivity contribution in [3.63, 3.8) is 0 Å². The standard InChI is InChI=1S/C20H20ClN3O2/c1-2-24-18(23-17-6-4-3-5-16(17)20(24)26)11-12-19(25)22-13-14-7-9-15(21)10-8-14/h3-10H,2,11-13H2,1H3,(H,22,25). The maximum Gasteiger partial charge on any atom is 0.261 e. The summed E-state index contributed by atoms with van der Waals surface area (Å²) in [5, 5.41) is 4.15. The summed E-state index contributed by atoms with van der Waals surface area (Å²) in [5.74, 6) is 0.558. The first-order valence-corrected chi connectivity index (χ1v) is 8.96. The summed E-state index contributed by atoms with van der Waals surface area (Å²) in [6.07, 6.45) is 0.693. The molecule has 0 spiro atoms. The number of hydrogen-bond acceptors (Lipinski definition) is 3. The van der Waals surface area contributed by atoms with Crippen LogP contribution in [-0.4, -0.2) is 15.5 Å². The van der Waals surface area contributed by atoms with Gasteiger partial charge in [-0.2, -0.15) is 0 Å². The first-order chi connectivity index (χ1) is 12.6. The molecule has 1 heterocycles. The Hall–Kier alpha value is -2.66. The molecule has 0 atom stereocenters. The van der Waals surface area contributed by atoms with E-state index < -0.39 is 0 Å². The summed E-state index contributed by atoms with van der Waals surface area (Å²) in [6.45, 7) is 2.88. The van der Waals surface area contributed by atoms with Crippen molar-refractivity contribution in [3.05, 3.63) is 75.3 Å². The monoisotopic (exact) mass is 369 g/mol. The van der Waals surface area contributed by atoms with Gasteiger partial charge in [0.15, 0.2) is 0 Å². The summed E-state index contributed by atoms with van der Waals surface area (Å²) in [6, 6.07) is 14.6. The molecular weight excluding hydrogens is 350 g/mol. The molecule has 134 valence electrons. The predicted octanol–water partition coefficient (Wildman–Crippen LogP) is 3.32. The van der Waals surface area contributed by atoms with Crippen LogP contribution in [0.3, 0.4) is 0 Å². The van der Waals surface area contributed by atoms with Gasteiger partial charge in [0.05, 0.1) is 10.9 Å². The van der Waals surface area contributed by atoms with Gasteiger partial charge < -0.3 is 5.32 Å². The molecule has 1 amide bonds. The van der Waals surface area contributed by atoms with Gasteiger partial charge in [-0.15, -0.1) is 0 Å². The van der Waals surface area contributed by atoms with Crippen LogP contribution in [0.15, 0.2) is 53.3 Å². The first kappa shape index (κ1) is 18.1. The van der Waals surface area contributed by atoms with E-state index in [4.69, 9.17) is 11.6 Å². The van der Waals surface area contributed by atoms with E-state index in [0.717, 1.165) is 5.56 Å². The van der Waals surface area contributed by atoms with Gasteiger partial charge in [-0.05, 0) is 36.8 Å². The van der Waals surface area contributed by atoms with Crippen LogP contribution in [-0.2, 0) is 24.3 Å². The molecule has 2 aromatic carbocycles. The van der Waals surface area contributed by atoms with E-state index in [0.29, 0.717) is 41.3 Å². The highest BCUT2D eigenvalue weighted by Crippen LogP contribution is 2.10. The average Bonchev–Trinajstić information content (AvgIpc) is 2.66. The van der Waals surface area contributed by atoms with Crippen LogP contribution in [0.2, 0.25) is 5.02 Å². The molecule has 26 heavy (non-hydrogen) atoms. The fourth-order valence-corrected chi connectivity index (χ4v) is 2.97. The Morgan fingerprint density at radius 1 is 1.15 bits per heavy atom. The van der Waals surface area contributed by atoms with E-state index in [9.17, 15) is 9.59 Å². The van der Waals surface area contributed by atoms with Crippen LogP contribution >= 0.6 is 11.6 Å². The van der Waals surface area contributed by atoms with E-state index in [-0.39, 0.29) is 17.9 Å². The Morgan fingerprint density at radius 3 is 2.62 bits per heavy atom. The van der Waals surface area contributed by atoms with Crippen LogP contribution in [0.4, 0.5) is 0 Å². The number of benzene rings is 2. The number of carbonyl (C=O) groups is 1. The molecule has 0 fully saturated rings. The van der Waals surface area contributed by atoms with Crippen molar-refractivity contribution in [2.75, 3.05) is 0 Å². The second kappa shape index (κ2) is 8.15. The second-order valence-corrected chi connectivity index (χ2v) is 6.43. The minimum Gasteiger partial charge on any atom is -0.352 e. The van der Waals surface area contributed by atoms with E-state index in [2.05, 4.69) is 10.3 Å². The fraction of sp³-hybridized carbons (Fsp3) is 0.250. The fourth-order valence-electron chi connectivity index (χ4n) is 2.85. The molecule has 5 nitrogen and oxygen atoms in total. The van der Waals surface area contributed by atoms with Crippen molar-refractivity contribution < 1.29 is 4.79 Å². The number of hydrogen-bond donors (Lipinski definition) is 1. The van der Waals surface area contributed by atoms with Gasteiger partial charge in [-0.1, -0.05) is 35.9 Å². The third-order valence-corrected chi connectivity index (χ3v) is 4.49. The van der Waals surface area contributed by atoms with Gasteiger partial charge in [-0.3, -0.25) is 14.2 Å². The van der Waals surface area contributed by atoms with Gasteiger partial charge >= 0.3 is 0 Å². The number of nitrogens with zero attached hydrogens (tertiary/aromatic N) is 2. The number of rotatable bonds is 6. The van der Waals surface area contributed by atoms with E-state index in [1.54, 1.807) is 22.8 Å². The lowest BCUT2D eigenvalue weighted by molar-refractivity contribution is -0.121. The zero-order valence-electron chi connectivity index (χ0n) is 14.5. The third kappa shape index (κ3) is 4.11. The zero-order chi connectivity index (χ0) is 18.5. The van der Waals surface area contributed by atoms with Crippen molar-refractivity contribution in [3.8, 4) is 0 Å². The minimum atomic E-state index is -0.0787. The highest BCUT2D eigenvalue weighted by Gasteiger charge is 2.11. The maximum absolute atomic E-state index is 12.6. The Morgan fingerprint density at radius 2 is 1.88 bits per heavy atom. The zero-order valence-corrected chi connectivity index (χ0v) is 15.3. The molecule has 0 unspecified atom stereocenters. The van der Waals surface area contributed by atoms with E-state index in [1.165, 1.54) is 0 Å². The smallest absolute Gasteiger partial charge is 0.261 e.